The van der Waals surface area contributed by atoms with Gasteiger partial charge in [0, 0.05) is 24.3 Å². The summed E-state index contributed by atoms with van der Waals surface area (Å²) in [5.74, 6) is 0.747. The van der Waals surface area contributed by atoms with Crippen molar-refractivity contribution in [2.45, 2.75) is 0 Å². The van der Waals surface area contributed by atoms with E-state index < -0.39 is 0 Å². The van der Waals surface area contributed by atoms with Crippen LogP contribution >= 0.6 is 12.0 Å². The van der Waals surface area contributed by atoms with Gasteiger partial charge in [0.1, 0.15) is 0 Å². The van der Waals surface area contributed by atoms with Gasteiger partial charge in [-0.05, 0) is 7.05 Å². The third-order valence-electron chi connectivity index (χ3n) is 0.514. The highest BCUT2D eigenvalue weighted by Crippen LogP contribution is 1.98. The Morgan fingerprint density at radius 1 is 1.75 bits per heavy atom. The topological polar surface area (TPSA) is 50.7 Å². The van der Waals surface area contributed by atoms with Crippen LogP contribution in [-0.4, -0.2) is 24.6 Å². The number of rotatable bonds is 5. The molecule has 0 saturated carbocycles. The standard InChI is InChI=1S/C3H9NO3S/c1-4-2-3-8-7-6-5/h4-5H,2-3H2,1H3. The van der Waals surface area contributed by atoms with Gasteiger partial charge in [-0.25, -0.2) is 5.26 Å². The average molecular weight is 139 g/mol. The molecule has 0 aromatic heterocycles. The largest absolute Gasteiger partial charge is 0.319 e. The zero-order chi connectivity index (χ0) is 6.24. The molecule has 50 valence electrons. The van der Waals surface area contributed by atoms with Crippen LogP contribution in [-0.2, 0) is 9.37 Å². The Morgan fingerprint density at radius 2 is 2.50 bits per heavy atom. The lowest BCUT2D eigenvalue weighted by Crippen LogP contribution is -2.09. The molecule has 0 aliphatic heterocycles. The lowest BCUT2D eigenvalue weighted by atomic mass is 10.8. The Balaban J connectivity index is 2.53. The summed E-state index contributed by atoms with van der Waals surface area (Å²) >= 11 is 1.04. The van der Waals surface area contributed by atoms with Gasteiger partial charge in [0.25, 0.3) is 0 Å². The molecule has 0 heterocycles. The van der Waals surface area contributed by atoms with Gasteiger partial charge in [-0.1, -0.05) is 5.04 Å². The second-order valence-corrected chi connectivity index (χ2v) is 1.85. The lowest BCUT2D eigenvalue weighted by molar-refractivity contribution is -0.432. The fraction of sp³-hybridized carbons (Fsp3) is 1.00. The summed E-state index contributed by atoms with van der Waals surface area (Å²) in [6.07, 6.45) is 0. The van der Waals surface area contributed by atoms with Crippen molar-refractivity contribution >= 4 is 12.0 Å². The Kier molecular flexibility index (Phi) is 7.36. The van der Waals surface area contributed by atoms with Crippen molar-refractivity contribution in [1.82, 2.24) is 5.32 Å². The first-order valence-electron chi connectivity index (χ1n) is 2.16. The maximum atomic E-state index is 7.60. The van der Waals surface area contributed by atoms with Gasteiger partial charge < -0.3 is 5.32 Å². The van der Waals surface area contributed by atoms with Crippen LogP contribution in [0.25, 0.3) is 0 Å². The fourth-order valence-electron chi connectivity index (χ4n) is 0.199. The first kappa shape index (κ1) is 8.19. The van der Waals surface area contributed by atoms with Gasteiger partial charge >= 0.3 is 0 Å². The summed E-state index contributed by atoms with van der Waals surface area (Å²) < 4.78 is 4.07. The van der Waals surface area contributed by atoms with E-state index in [1.54, 1.807) is 0 Å². The Hall–Kier alpha value is 0.190. The molecule has 0 fully saturated rings. The van der Waals surface area contributed by atoms with Crippen LogP contribution in [0.3, 0.4) is 0 Å². The van der Waals surface area contributed by atoms with E-state index in [0.29, 0.717) is 0 Å². The van der Waals surface area contributed by atoms with Crippen LogP contribution in [0.1, 0.15) is 0 Å². The number of hydrogen-bond donors (Lipinski definition) is 2. The SMILES string of the molecule is CNCCSOOO. The highest BCUT2D eigenvalue weighted by Gasteiger charge is 1.84. The Morgan fingerprint density at radius 3 is 3.00 bits per heavy atom. The van der Waals surface area contributed by atoms with E-state index in [-0.39, 0.29) is 0 Å². The van der Waals surface area contributed by atoms with E-state index in [1.165, 1.54) is 0 Å². The van der Waals surface area contributed by atoms with Crippen molar-refractivity contribution in [2.75, 3.05) is 19.3 Å². The normalized spacial score (nSPS) is 9.75. The summed E-state index contributed by atoms with van der Waals surface area (Å²) in [5.41, 5.74) is 0. The smallest absolute Gasteiger partial charge is 0.0359 e. The molecular weight excluding hydrogens is 130 g/mol. The summed E-state index contributed by atoms with van der Waals surface area (Å²) in [7, 11) is 1.83. The van der Waals surface area contributed by atoms with Crippen molar-refractivity contribution in [3.63, 3.8) is 0 Å². The molecule has 0 bridgehead atoms. The third kappa shape index (κ3) is 6.19. The second-order valence-electron chi connectivity index (χ2n) is 1.07. The summed E-state index contributed by atoms with van der Waals surface area (Å²) in [5, 5.41) is 13.8. The molecule has 0 unspecified atom stereocenters. The van der Waals surface area contributed by atoms with Gasteiger partial charge in [-0.2, -0.15) is 0 Å². The highest BCUT2D eigenvalue weighted by molar-refractivity contribution is 7.94. The van der Waals surface area contributed by atoms with Gasteiger partial charge in [0.05, 0.1) is 0 Å². The molecule has 0 atom stereocenters. The van der Waals surface area contributed by atoms with E-state index in [1.807, 2.05) is 7.05 Å². The van der Waals surface area contributed by atoms with E-state index in [4.69, 9.17) is 5.26 Å². The van der Waals surface area contributed by atoms with Crippen molar-refractivity contribution in [3.8, 4) is 0 Å². The van der Waals surface area contributed by atoms with E-state index in [0.717, 1.165) is 24.3 Å². The minimum atomic E-state index is 0.747. The lowest BCUT2D eigenvalue weighted by Gasteiger charge is -1.93. The molecule has 4 nitrogen and oxygen atoms in total. The van der Waals surface area contributed by atoms with Crippen LogP contribution in [0.5, 0.6) is 0 Å². The molecule has 0 aromatic rings. The Bertz CT molecular complexity index is 39.5. The number of hydrogen-bond acceptors (Lipinski definition) is 5. The molecule has 0 rings (SSSR count). The van der Waals surface area contributed by atoms with Gasteiger partial charge in [0.2, 0.25) is 0 Å². The van der Waals surface area contributed by atoms with Crippen molar-refractivity contribution in [2.24, 2.45) is 0 Å². The monoisotopic (exact) mass is 139 g/mol. The molecule has 8 heavy (non-hydrogen) atoms. The highest BCUT2D eigenvalue weighted by atomic mass is 32.2. The van der Waals surface area contributed by atoms with E-state index in [9.17, 15) is 0 Å². The number of nitrogens with one attached hydrogen (secondary N) is 1. The maximum absolute atomic E-state index is 7.60. The van der Waals surface area contributed by atoms with Crippen molar-refractivity contribution in [3.05, 3.63) is 0 Å². The first-order valence-corrected chi connectivity index (χ1v) is 3.07. The van der Waals surface area contributed by atoms with E-state index in [2.05, 4.69) is 14.7 Å². The van der Waals surface area contributed by atoms with Crippen LogP contribution in [0.4, 0.5) is 0 Å². The van der Waals surface area contributed by atoms with Crippen molar-refractivity contribution in [1.29, 1.82) is 0 Å². The van der Waals surface area contributed by atoms with Crippen molar-refractivity contribution < 1.29 is 14.6 Å². The Labute approximate surface area is 52.2 Å². The van der Waals surface area contributed by atoms with E-state index >= 15 is 0 Å². The first-order chi connectivity index (χ1) is 3.91. The predicted octanol–water partition coefficient (Wildman–Crippen LogP) is 0.275. The maximum Gasteiger partial charge on any atom is 0.0359 e. The van der Waals surface area contributed by atoms with Gasteiger partial charge in [-0.15, -0.1) is 4.33 Å². The molecule has 0 aliphatic carbocycles. The average Bonchev–Trinajstić information content (AvgIpc) is 1.81. The quantitative estimate of drug-likeness (QED) is 0.248. The fourth-order valence-corrected chi connectivity index (χ4v) is 0.598. The van der Waals surface area contributed by atoms with Crippen LogP contribution < -0.4 is 5.32 Å². The molecule has 0 spiro atoms. The predicted molar refractivity (Wildman–Crippen MR) is 31.2 cm³/mol. The summed E-state index contributed by atoms with van der Waals surface area (Å²) in [6, 6.07) is 0. The minimum absolute atomic E-state index is 0.747. The molecule has 2 N–H and O–H groups in total. The molecule has 5 heteroatoms. The molecule has 0 radical (unpaired) electrons. The second kappa shape index (κ2) is 7.19. The minimum Gasteiger partial charge on any atom is -0.319 e. The molecular formula is C3H9NO3S. The zero-order valence-corrected chi connectivity index (χ0v) is 5.40. The van der Waals surface area contributed by atoms with Gasteiger partial charge in [-0.3, -0.25) is 0 Å². The molecule has 0 aliphatic rings. The third-order valence-corrected chi connectivity index (χ3v) is 1.04. The zero-order valence-electron chi connectivity index (χ0n) is 4.59. The molecule has 0 saturated heterocycles. The van der Waals surface area contributed by atoms with Crippen LogP contribution in [0.15, 0.2) is 0 Å². The summed E-state index contributed by atoms with van der Waals surface area (Å²) in [4.78, 5) is 0. The van der Waals surface area contributed by atoms with Crippen LogP contribution in [0.2, 0.25) is 0 Å². The molecule has 0 amide bonds. The summed E-state index contributed by atoms with van der Waals surface area (Å²) in [6.45, 7) is 0.827. The van der Waals surface area contributed by atoms with Gasteiger partial charge in [0.15, 0.2) is 0 Å². The van der Waals surface area contributed by atoms with Crippen LogP contribution in [0, 0.1) is 0 Å². The molecule has 0 aromatic carbocycles.